The van der Waals surface area contributed by atoms with Gasteiger partial charge in [-0.2, -0.15) is 0 Å². The van der Waals surface area contributed by atoms with Gasteiger partial charge in [-0.1, -0.05) is 45.4 Å². The van der Waals surface area contributed by atoms with Crippen LogP contribution in [0.15, 0.2) is 11.6 Å². The highest BCUT2D eigenvalue weighted by Crippen LogP contribution is 2.68. The molecule has 26 heavy (non-hydrogen) atoms. The number of hydrogen-bond acceptors (Lipinski definition) is 3. The first-order valence-corrected chi connectivity index (χ1v) is 10.6. The van der Waals surface area contributed by atoms with Crippen molar-refractivity contribution in [3.63, 3.8) is 0 Å². The summed E-state index contributed by atoms with van der Waals surface area (Å²) in [6, 6.07) is 0. The summed E-state index contributed by atoms with van der Waals surface area (Å²) in [6.07, 6.45) is 6.75. The van der Waals surface area contributed by atoms with Crippen molar-refractivity contribution >= 4 is 17.4 Å². The molecule has 0 amide bonds. The Morgan fingerprint density at radius 2 is 1.92 bits per heavy atom. The summed E-state index contributed by atoms with van der Waals surface area (Å²) in [4.78, 5) is 13.7. The number of Topliss-reactive ketones (excluding diaryl/α,β-unsaturated/α-hetero) is 1. The molecule has 0 aromatic rings. The summed E-state index contributed by atoms with van der Waals surface area (Å²) in [5.41, 5.74) is 0.658. The van der Waals surface area contributed by atoms with E-state index in [-0.39, 0.29) is 28.8 Å². The number of halogens is 1. The van der Waals surface area contributed by atoms with E-state index >= 15 is 0 Å². The van der Waals surface area contributed by atoms with Crippen LogP contribution in [0.25, 0.3) is 0 Å². The number of aliphatic hydroxyl groups is 1. The molecule has 3 fully saturated rings. The Kier molecular flexibility index (Phi) is 5.40. The molecule has 3 unspecified atom stereocenters. The van der Waals surface area contributed by atoms with Gasteiger partial charge in [0.2, 0.25) is 0 Å². The molecule has 3 saturated carbocycles. The molecule has 2 bridgehead atoms. The second-order valence-corrected chi connectivity index (χ2v) is 10.0. The number of ketones is 1. The van der Waals surface area contributed by atoms with Crippen LogP contribution in [0.4, 0.5) is 0 Å². The van der Waals surface area contributed by atoms with E-state index in [2.05, 4.69) is 20.8 Å². The van der Waals surface area contributed by atoms with Gasteiger partial charge in [0.05, 0.1) is 12.2 Å². The molecular weight excluding hydrogens is 348 g/mol. The average Bonchev–Trinajstić information content (AvgIpc) is 3.02. The lowest BCUT2D eigenvalue weighted by Crippen LogP contribution is -2.62. The van der Waals surface area contributed by atoms with Gasteiger partial charge in [-0.05, 0) is 55.8 Å². The summed E-state index contributed by atoms with van der Waals surface area (Å²) in [5.74, 6) is 0.941. The predicted octanol–water partition coefficient (Wildman–Crippen LogP) is 4.95. The highest BCUT2D eigenvalue weighted by Gasteiger charge is 2.67. The summed E-state index contributed by atoms with van der Waals surface area (Å²) in [5, 5.41) is 11.5. The van der Waals surface area contributed by atoms with Crippen molar-refractivity contribution in [3.05, 3.63) is 11.6 Å². The standard InChI is InChI=1S/C22H35ClO3/c1-14-7-10-22-11-8-16(26-5)18(22)21(14,4)17(24)13-20(3,9-6-12-23)19(25)15(22)2/h6,12,14-18,24H,7-11,13H2,1-5H3/t14-,15+,16?,17-,18?,20-,21+,22?/m1/s1. The molecule has 0 aliphatic heterocycles. The normalized spacial score (nSPS) is 52.0. The molecule has 0 radical (unpaired) electrons. The van der Waals surface area contributed by atoms with Gasteiger partial charge in [-0.25, -0.2) is 0 Å². The number of allylic oxidation sites excluding steroid dienone is 1. The molecule has 3 rings (SSSR count). The van der Waals surface area contributed by atoms with Crippen LogP contribution in [0.5, 0.6) is 0 Å². The number of aliphatic hydroxyl groups excluding tert-OH is 1. The fourth-order valence-electron chi connectivity index (χ4n) is 7.02. The number of carbonyl (C=O) groups excluding carboxylic acids is 1. The van der Waals surface area contributed by atoms with Crippen LogP contribution in [0.1, 0.15) is 66.2 Å². The first-order chi connectivity index (χ1) is 12.2. The van der Waals surface area contributed by atoms with Crippen LogP contribution in [0.3, 0.4) is 0 Å². The van der Waals surface area contributed by atoms with Gasteiger partial charge in [-0.3, -0.25) is 4.79 Å². The molecule has 3 aliphatic rings. The zero-order valence-corrected chi connectivity index (χ0v) is 17.7. The third kappa shape index (κ3) is 2.64. The minimum atomic E-state index is -0.564. The molecule has 0 spiro atoms. The summed E-state index contributed by atoms with van der Waals surface area (Å²) >= 11 is 5.78. The topological polar surface area (TPSA) is 46.5 Å². The Balaban J connectivity index is 2.15. The lowest BCUT2D eigenvalue weighted by Gasteiger charge is -2.61. The lowest BCUT2D eigenvalue weighted by molar-refractivity contribution is -0.191. The van der Waals surface area contributed by atoms with E-state index in [1.165, 1.54) is 5.54 Å². The van der Waals surface area contributed by atoms with E-state index in [1.54, 1.807) is 7.11 Å². The van der Waals surface area contributed by atoms with Crippen LogP contribution in [0, 0.1) is 34.0 Å². The molecule has 0 aromatic heterocycles. The minimum absolute atomic E-state index is 0.0132. The van der Waals surface area contributed by atoms with Crippen molar-refractivity contribution in [3.8, 4) is 0 Å². The van der Waals surface area contributed by atoms with Crippen molar-refractivity contribution in [1.29, 1.82) is 0 Å². The molecule has 0 saturated heterocycles. The summed E-state index contributed by atoms with van der Waals surface area (Å²) in [6.45, 7) is 8.71. The quantitative estimate of drug-likeness (QED) is 0.750. The van der Waals surface area contributed by atoms with Crippen LogP contribution < -0.4 is 0 Å². The van der Waals surface area contributed by atoms with Crippen molar-refractivity contribution < 1.29 is 14.6 Å². The van der Waals surface area contributed by atoms with Gasteiger partial charge < -0.3 is 9.84 Å². The van der Waals surface area contributed by atoms with Crippen LogP contribution in [0.2, 0.25) is 0 Å². The van der Waals surface area contributed by atoms with Crippen molar-refractivity contribution in [2.45, 2.75) is 78.4 Å². The molecule has 8 atom stereocenters. The maximum atomic E-state index is 13.7. The monoisotopic (exact) mass is 382 g/mol. The number of methoxy groups -OCH3 is 1. The van der Waals surface area contributed by atoms with Gasteiger partial charge in [0, 0.05) is 29.4 Å². The van der Waals surface area contributed by atoms with E-state index in [9.17, 15) is 9.90 Å². The van der Waals surface area contributed by atoms with E-state index in [1.807, 2.05) is 13.0 Å². The second kappa shape index (κ2) is 6.90. The molecule has 3 nitrogen and oxygen atoms in total. The fraction of sp³-hybridized carbons (Fsp3) is 0.864. The maximum absolute atomic E-state index is 13.7. The zero-order chi connectivity index (χ0) is 19.3. The van der Waals surface area contributed by atoms with Crippen molar-refractivity contribution in [1.82, 2.24) is 0 Å². The van der Waals surface area contributed by atoms with Crippen LogP contribution in [-0.4, -0.2) is 30.2 Å². The Hall–Kier alpha value is -0.380. The van der Waals surface area contributed by atoms with Crippen molar-refractivity contribution in [2.24, 2.45) is 34.0 Å². The summed E-state index contributed by atoms with van der Waals surface area (Å²) in [7, 11) is 1.79. The number of ether oxygens (including phenoxy) is 1. The number of carbonyl (C=O) groups is 1. The van der Waals surface area contributed by atoms with Gasteiger partial charge in [0.25, 0.3) is 0 Å². The Morgan fingerprint density at radius 1 is 1.27 bits per heavy atom. The number of hydrogen-bond donors (Lipinski definition) is 1. The molecule has 1 N–H and O–H groups in total. The van der Waals surface area contributed by atoms with Crippen LogP contribution in [-0.2, 0) is 9.53 Å². The van der Waals surface area contributed by atoms with E-state index in [4.69, 9.17) is 16.3 Å². The van der Waals surface area contributed by atoms with Gasteiger partial charge in [0.15, 0.2) is 0 Å². The van der Waals surface area contributed by atoms with Crippen LogP contribution >= 0.6 is 11.6 Å². The Labute approximate surface area is 163 Å². The molecule has 148 valence electrons. The maximum Gasteiger partial charge on any atom is 0.142 e. The third-order valence-corrected chi connectivity index (χ3v) is 9.01. The third-order valence-electron chi connectivity index (χ3n) is 8.83. The Bertz CT molecular complexity index is 590. The second-order valence-electron chi connectivity index (χ2n) is 9.76. The van der Waals surface area contributed by atoms with E-state index in [0.717, 1.165) is 25.7 Å². The van der Waals surface area contributed by atoms with Gasteiger partial charge in [0.1, 0.15) is 5.78 Å². The van der Waals surface area contributed by atoms with Crippen molar-refractivity contribution in [2.75, 3.05) is 7.11 Å². The zero-order valence-electron chi connectivity index (χ0n) is 16.9. The predicted molar refractivity (Wildman–Crippen MR) is 105 cm³/mol. The smallest absolute Gasteiger partial charge is 0.142 e. The highest BCUT2D eigenvalue weighted by molar-refractivity contribution is 6.25. The highest BCUT2D eigenvalue weighted by atomic mass is 35.5. The largest absolute Gasteiger partial charge is 0.393 e. The average molecular weight is 383 g/mol. The first-order valence-electron chi connectivity index (χ1n) is 10.2. The van der Waals surface area contributed by atoms with Gasteiger partial charge in [-0.15, -0.1) is 0 Å². The fourth-order valence-corrected chi connectivity index (χ4v) is 7.11. The Morgan fingerprint density at radius 3 is 2.54 bits per heavy atom. The SMILES string of the molecule is COC1CCC23CC[C@@H](C)[C@](C)(C12)[C@H](O)C[C@@](C)(CC=CCl)C(=O)[C@@H]3C. The van der Waals surface area contributed by atoms with E-state index < -0.39 is 11.5 Å². The first kappa shape index (κ1) is 20.4. The lowest BCUT2D eigenvalue weighted by atomic mass is 9.44. The molecule has 4 heteroatoms. The molecule has 3 aliphatic carbocycles. The molecule has 0 heterocycles. The summed E-state index contributed by atoms with van der Waals surface area (Å²) < 4.78 is 5.92. The van der Waals surface area contributed by atoms with E-state index in [0.29, 0.717) is 24.5 Å². The minimum Gasteiger partial charge on any atom is -0.393 e. The molecule has 0 aromatic carbocycles. The number of rotatable bonds is 3. The van der Waals surface area contributed by atoms with Gasteiger partial charge >= 0.3 is 0 Å². The molecular formula is C22H35ClO3.